The molecule has 7 heteroatoms. The second-order valence-corrected chi connectivity index (χ2v) is 4.56. The lowest BCUT2D eigenvalue weighted by Gasteiger charge is -2.05. The molecule has 0 aliphatic carbocycles. The summed E-state index contributed by atoms with van der Waals surface area (Å²) in [5.74, 6) is 0.0567. The Morgan fingerprint density at radius 2 is 1.95 bits per heavy atom. The van der Waals surface area contributed by atoms with Crippen LogP contribution < -0.4 is 11.1 Å². The monoisotopic (exact) mass is 270 g/mol. The lowest BCUT2D eigenvalue weighted by molar-refractivity contribution is 0.102. The topological polar surface area (TPSA) is 90.8 Å². The summed E-state index contributed by atoms with van der Waals surface area (Å²) in [6.07, 6.45) is 3.23. The Morgan fingerprint density at radius 3 is 2.65 bits per heavy atom. The summed E-state index contributed by atoms with van der Waals surface area (Å²) in [6.45, 7) is 0. The van der Waals surface area contributed by atoms with E-state index in [-0.39, 0.29) is 5.91 Å². The molecule has 1 amide bonds. The van der Waals surface area contributed by atoms with Gasteiger partial charge in [-0.25, -0.2) is 0 Å². The van der Waals surface area contributed by atoms with Crippen LogP contribution in [0.1, 0.15) is 10.4 Å². The van der Waals surface area contributed by atoms with Crippen LogP contribution in [0, 0.1) is 0 Å². The molecular weight excluding hydrogens is 256 g/mol. The molecule has 0 aliphatic rings. The van der Waals surface area contributed by atoms with Crippen molar-refractivity contribution in [2.75, 3.05) is 11.1 Å². The zero-order valence-corrected chi connectivity index (χ0v) is 11.2. The first-order valence-electron chi connectivity index (χ1n) is 6.07. The normalized spacial score (nSPS) is 10.9. The second-order valence-electron chi connectivity index (χ2n) is 4.56. The highest BCUT2D eigenvalue weighted by Gasteiger charge is 2.14. The Kier molecular flexibility index (Phi) is 2.67. The fourth-order valence-corrected chi connectivity index (χ4v) is 2.04. The van der Waals surface area contributed by atoms with Crippen LogP contribution in [0.5, 0.6) is 0 Å². The molecule has 0 saturated carbocycles. The summed E-state index contributed by atoms with van der Waals surface area (Å²) in [7, 11) is 3.54. The summed E-state index contributed by atoms with van der Waals surface area (Å²) in [5.41, 5.74) is 7.78. The highest BCUT2D eigenvalue weighted by molar-refractivity contribution is 6.07. The molecule has 2 heterocycles. The number of carbonyl (C=O) groups is 1. The van der Waals surface area contributed by atoms with Crippen LogP contribution in [0.25, 0.3) is 10.9 Å². The van der Waals surface area contributed by atoms with Gasteiger partial charge in [0.25, 0.3) is 5.91 Å². The second kappa shape index (κ2) is 4.37. The smallest absolute Gasteiger partial charge is 0.261 e. The van der Waals surface area contributed by atoms with E-state index in [0.717, 1.165) is 10.9 Å². The molecule has 0 radical (unpaired) electrons. The van der Waals surface area contributed by atoms with Crippen LogP contribution in [0.4, 0.5) is 11.5 Å². The number of nitrogen functional groups attached to an aromatic ring is 1. The average Bonchev–Trinajstić information content (AvgIpc) is 2.95. The molecule has 3 N–H and O–H groups in total. The van der Waals surface area contributed by atoms with Crippen molar-refractivity contribution < 1.29 is 4.79 Å². The van der Waals surface area contributed by atoms with Crippen molar-refractivity contribution in [1.82, 2.24) is 19.6 Å². The van der Waals surface area contributed by atoms with E-state index < -0.39 is 0 Å². The first-order chi connectivity index (χ1) is 9.56. The number of fused-ring (bicyclic) bond motifs is 1. The van der Waals surface area contributed by atoms with Crippen LogP contribution in [0.3, 0.4) is 0 Å². The van der Waals surface area contributed by atoms with E-state index in [1.54, 1.807) is 17.9 Å². The third-order valence-electron chi connectivity index (χ3n) is 3.24. The van der Waals surface area contributed by atoms with Gasteiger partial charge in [-0.15, -0.1) is 0 Å². The number of hydrogen-bond donors (Lipinski definition) is 2. The van der Waals surface area contributed by atoms with Crippen molar-refractivity contribution in [3.8, 4) is 0 Å². The number of nitrogens with one attached hydrogen (secondary N) is 1. The van der Waals surface area contributed by atoms with Gasteiger partial charge in [0.1, 0.15) is 11.4 Å². The number of aromatic nitrogens is 4. The molecule has 20 heavy (non-hydrogen) atoms. The number of amides is 1. The molecule has 0 fully saturated rings. The SMILES string of the molecule is Cn1ncc(C(=O)Nc2ccc3cnn(C)c3c2)c1N. The fraction of sp³-hybridized carbons (Fsp3) is 0.154. The largest absolute Gasteiger partial charge is 0.383 e. The van der Waals surface area contributed by atoms with E-state index >= 15 is 0 Å². The van der Waals surface area contributed by atoms with Crippen molar-refractivity contribution in [2.24, 2.45) is 14.1 Å². The summed E-state index contributed by atoms with van der Waals surface area (Å²) in [5, 5.41) is 11.9. The van der Waals surface area contributed by atoms with E-state index in [4.69, 9.17) is 5.73 Å². The van der Waals surface area contributed by atoms with E-state index in [9.17, 15) is 4.79 Å². The Bertz CT molecular complexity index is 800. The van der Waals surface area contributed by atoms with E-state index in [2.05, 4.69) is 15.5 Å². The van der Waals surface area contributed by atoms with Gasteiger partial charge in [0.05, 0.1) is 17.9 Å². The molecule has 0 saturated heterocycles. The third-order valence-corrected chi connectivity index (χ3v) is 3.24. The minimum Gasteiger partial charge on any atom is -0.383 e. The molecule has 2 aromatic heterocycles. The molecule has 3 rings (SSSR count). The standard InChI is InChI=1S/C13H14N6O/c1-18-11-5-9(4-3-8(11)6-15-18)17-13(20)10-7-16-19(2)12(10)14/h3-7H,14H2,1-2H3,(H,17,20). The van der Waals surface area contributed by atoms with Crippen molar-refractivity contribution in [2.45, 2.75) is 0 Å². The maximum absolute atomic E-state index is 12.1. The van der Waals surface area contributed by atoms with Crippen LogP contribution in [0.15, 0.2) is 30.6 Å². The third kappa shape index (κ3) is 1.89. The van der Waals surface area contributed by atoms with Crippen molar-refractivity contribution in [1.29, 1.82) is 0 Å². The number of carbonyl (C=O) groups excluding carboxylic acids is 1. The van der Waals surface area contributed by atoms with Gasteiger partial charge in [-0.05, 0) is 18.2 Å². The predicted molar refractivity (Wildman–Crippen MR) is 76.3 cm³/mol. The van der Waals surface area contributed by atoms with Gasteiger partial charge in [0.2, 0.25) is 0 Å². The molecule has 1 aromatic carbocycles. The van der Waals surface area contributed by atoms with E-state index in [0.29, 0.717) is 17.1 Å². The van der Waals surface area contributed by atoms with Gasteiger partial charge < -0.3 is 11.1 Å². The van der Waals surface area contributed by atoms with Crippen molar-refractivity contribution >= 4 is 28.3 Å². The summed E-state index contributed by atoms with van der Waals surface area (Å²) >= 11 is 0. The number of nitrogens with zero attached hydrogens (tertiary/aromatic N) is 4. The number of rotatable bonds is 2. The molecule has 0 aliphatic heterocycles. The lowest BCUT2D eigenvalue weighted by atomic mass is 10.2. The number of nitrogens with two attached hydrogens (primary N) is 1. The first kappa shape index (κ1) is 12.2. The molecule has 7 nitrogen and oxygen atoms in total. The van der Waals surface area contributed by atoms with Crippen LogP contribution in [-0.4, -0.2) is 25.5 Å². The molecule has 0 spiro atoms. The lowest BCUT2D eigenvalue weighted by Crippen LogP contribution is -2.13. The predicted octanol–water partition coefficient (Wildman–Crippen LogP) is 1.14. The Labute approximate surface area is 115 Å². The number of hydrogen-bond acceptors (Lipinski definition) is 4. The summed E-state index contributed by atoms with van der Waals surface area (Å²) in [4.78, 5) is 12.1. The van der Waals surface area contributed by atoms with Gasteiger partial charge in [-0.1, -0.05) is 0 Å². The van der Waals surface area contributed by atoms with Gasteiger partial charge in [0.15, 0.2) is 0 Å². The highest BCUT2D eigenvalue weighted by Crippen LogP contribution is 2.19. The highest BCUT2D eigenvalue weighted by atomic mass is 16.1. The Morgan fingerprint density at radius 1 is 1.20 bits per heavy atom. The quantitative estimate of drug-likeness (QED) is 0.730. The molecule has 102 valence electrons. The van der Waals surface area contributed by atoms with Crippen LogP contribution in [-0.2, 0) is 14.1 Å². The summed E-state index contributed by atoms with van der Waals surface area (Å²) in [6, 6.07) is 5.60. The molecule has 0 bridgehead atoms. The zero-order chi connectivity index (χ0) is 14.3. The summed E-state index contributed by atoms with van der Waals surface area (Å²) < 4.78 is 3.21. The van der Waals surface area contributed by atoms with E-state index in [1.165, 1.54) is 10.9 Å². The maximum atomic E-state index is 12.1. The Hall–Kier alpha value is -2.83. The minimum absolute atomic E-state index is 0.280. The van der Waals surface area contributed by atoms with Crippen LogP contribution >= 0.6 is 0 Å². The zero-order valence-electron chi connectivity index (χ0n) is 11.2. The molecular formula is C13H14N6O. The Balaban J connectivity index is 1.91. The van der Waals surface area contributed by atoms with Crippen molar-refractivity contribution in [3.05, 3.63) is 36.2 Å². The molecule has 3 aromatic rings. The van der Waals surface area contributed by atoms with Crippen LogP contribution in [0.2, 0.25) is 0 Å². The minimum atomic E-state index is -0.280. The average molecular weight is 270 g/mol. The maximum Gasteiger partial charge on any atom is 0.261 e. The van der Waals surface area contributed by atoms with Crippen molar-refractivity contribution in [3.63, 3.8) is 0 Å². The molecule has 0 unspecified atom stereocenters. The first-order valence-corrected chi connectivity index (χ1v) is 6.07. The van der Waals surface area contributed by atoms with E-state index in [1.807, 2.05) is 25.2 Å². The number of anilines is 2. The number of aryl methyl sites for hydroxylation is 2. The fourth-order valence-electron chi connectivity index (χ4n) is 2.04. The number of benzene rings is 1. The van der Waals surface area contributed by atoms with Gasteiger partial charge in [-0.3, -0.25) is 14.2 Å². The molecule has 0 atom stereocenters. The van der Waals surface area contributed by atoms with Gasteiger partial charge >= 0.3 is 0 Å². The van der Waals surface area contributed by atoms with Gasteiger partial charge in [-0.2, -0.15) is 10.2 Å². The van der Waals surface area contributed by atoms with Gasteiger partial charge in [0, 0.05) is 25.2 Å².